The Morgan fingerprint density at radius 1 is 0.913 bits per heavy atom. The molecule has 0 bridgehead atoms. The summed E-state index contributed by atoms with van der Waals surface area (Å²) in [5, 5.41) is 0. The van der Waals surface area contributed by atoms with Gasteiger partial charge in [0.25, 0.3) is 0 Å². The molecule has 1 aliphatic heterocycles. The fraction of sp³-hybridized carbons (Fsp3) is 0.118. The van der Waals surface area contributed by atoms with E-state index < -0.39 is 9.84 Å². The third kappa shape index (κ3) is 3.75. The van der Waals surface area contributed by atoms with Crippen LogP contribution in [0.25, 0.3) is 11.1 Å². The molecule has 4 nitrogen and oxygen atoms in total. The topological polar surface area (TPSA) is 60.4 Å². The Hall–Kier alpha value is -1.40. The standard InChI is InChI=1S/C17H14O4S.Na/c1-22(19,20)14-9-7-12(8-10-14)15-11-21-17(18)16(15)13-5-3-2-4-6-13;/h2-10H,11H2,1H3;/q;+1. The third-order valence-electron chi connectivity index (χ3n) is 3.55. The number of hydrogen-bond acceptors (Lipinski definition) is 4. The SMILES string of the molecule is CS(=O)(=O)c1ccc(C2=C(c3ccccc3)C(=O)OC2)cc1.[Na+]. The molecule has 0 radical (unpaired) electrons. The Labute approximate surface area is 157 Å². The number of carbonyl (C=O) groups excluding carboxylic acids is 1. The van der Waals surface area contributed by atoms with Gasteiger partial charge in [-0.3, -0.25) is 0 Å². The quantitative estimate of drug-likeness (QED) is 0.563. The maximum Gasteiger partial charge on any atom is 1.00 e. The molecule has 0 N–H and O–H groups in total. The first kappa shape index (κ1) is 17.9. The minimum atomic E-state index is -3.23. The van der Waals surface area contributed by atoms with Crippen LogP contribution in [-0.4, -0.2) is 27.2 Å². The van der Waals surface area contributed by atoms with Gasteiger partial charge in [-0.1, -0.05) is 42.5 Å². The van der Waals surface area contributed by atoms with Crippen LogP contribution >= 0.6 is 0 Å². The van der Waals surface area contributed by atoms with Crippen molar-refractivity contribution < 1.29 is 47.5 Å². The predicted octanol–water partition coefficient (Wildman–Crippen LogP) is -0.438. The summed E-state index contributed by atoms with van der Waals surface area (Å²) in [6.45, 7) is 0.196. The van der Waals surface area contributed by atoms with Crippen molar-refractivity contribution >= 4 is 27.0 Å². The Balaban J connectivity index is 0.00000192. The van der Waals surface area contributed by atoms with Crippen LogP contribution in [0.2, 0.25) is 0 Å². The first-order valence-corrected chi connectivity index (χ1v) is 8.62. The fourth-order valence-corrected chi connectivity index (χ4v) is 3.06. The minimum Gasteiger partial charge on any atom is -0.457 e. The largest absolute Gasteiger partial charge is 1.00 e. The Bertz CT molecular complexity index is 853. The normalized spacial score (nSPS) is 14.4. The molecule has 0 aromatic heterocycles. The number of cyclic esters (lactones) is 1. The first-order chi connectivity index (χ1) is 10.5. The van der Waals surface area contributed by atoms with Gasteiger partial charge in [0.05, 0.1) is 10.5 Å². The summed E-state index contributed by atoms with van der Waals surface area (Å²) in [4.78, 5) is 12.3. The van der Waals surface area contributed by atoms with E-state index in [0.717, 1.165) is 16.7 Å². The molecule has 112 valence electrons. The van der Waals surface area contributed by atoms with Crippen molar-refractivity contribution in [1.82, 2.24) is 0 Å². The van der Waals surface area contributed by atoms with E-state index >= 15 is 0 Å². The van der Waals surface area contributed by atoms with Gasteiger partial charge in [-0.15, -0.1) is 0 Å². The molecule has 0 amide bonds. The average molecular weight is 337 g/mol. The van der Waals surface area contributed by atoms with E-state index in [4.69, 9.17) is 4.74 Å². The van der Waals surface area contributed by atoms with E-state index in [1.54, 1.807) is 24.3 Å². The molecule has 1 aliphatic rings. The molecule has 1 heterocycles. The van der Waals surface area contributed by atoms with Crippen LogP contribution in [0.15, 0.2) is 59.5 Å². The van der Waals surface area contributed by atoms with Crippen molar-refractivity contribution in [2.24, 2.45) is 0 Å². The molecule has 23 heavy (non-hydrogen) atoms. The van der Waals surface area contributed by atoms with Crippen molar-refractivity contribution in [3.63, 3.8) is 0 Å². The van der Waals surface area contributed by atoms with Gasteiger partial charge in [0.2, 0.25) is 0 Å². The van der Waals surface area contributed by atoms with E-state index in [-0.39, 0.29) is 47.0 Å². The third-order valence-corrected chi connectivity index (χ3v) is 4.68. The second-order valence-electron chi connectivity index (χ2n) is 5.09. The fourth-order valence-electron chi connectivity index (χ4n) is 2.43. The second kappa shape index (κ2) is 7.01. The number of esters is 1. The van der Waals surface area contributed by atoms with Crippen molar-refractivity contribution in [2.75, 3.05) is 12.9 Å². The van der Waals surface area contributed by atoms with Gasteiger partial charge in [0, 0.05) is 11.8 Å². The molecule has 3 rings (SSSR count). The number of rotatable bonds is 3. The van der Waals surface area contributed by atoms with Gasteiger partial charge < -0.3 is 4.74 Å². The van der Waals surface area contributed by atoms with Gasteiger partial charge in [-0.25, -0.2) is 13.2 Å². The van der Waals surface area contributed by atoms with Gasteiger partial charge in [-0.05, 0) is 23.3 Å². The number of ether oxygens (including phenoxy) is 1. The minimum absolute atomic E-state index is 0. The molecular formula is C17H14NaO4S+. The second-order valence-corrected chi connectivity index (χ2v) is 7.11. The summed E-state index contributed by atoms with van der Waals surface area (Å²) in [5.41, 5.74) is 2.90. The summed E-state index contributed by atoms with van der Waals surface area (Å²) in [5.74, 6) is -0.353. The van der Waals surface area contributed by atoms with E-state index in [1.165, 1.54) is 6.26 Å². The van der Waals surface area contributed by atoms with Gasteiger partial charge in [-0.2, -0.15) is 0 Å². The first-order valence-electron chi connectivity index (χ1n) is 6.73. The van der Waals surface area contributed by atoms with Crippen LogP contribution in [0, 0.1) is 0 Å². The maximum atomic E-state index is 12.0. The van der Waals surface area contributed by atoms with Crippen molar-refractivity contribution in [3.05, 3.63) is 65.7 Å². The van der Waals surface area contributed by atoms with Crippen LogP contribution in [0.3, 0.4) is 0 Å². The van der Waals surface area contributed by atoms with Crippen LogP contribution in [-0.2, 0) is 19.4 Å². The Morgan fingerprint density at radius 3 is 2.09 bits per heavy atom. The molecular weight excluding hydrogens is 323 g/mol. The van der Waals surface area contributed by atoms with Gasteiger partial charge >= 0.3 is 35.5 Å². The molecule has 0 atom stereocenters. The summed E-state index contributed by atoms with van der Waals surface area (Å²) < 4.78 is 28.2. The van der Waals surface area contributed by atoms with Crippen LogP contribution in [0.5, 0.6) is 0 Å². The Kier molecular flexibility index (Phi) is 5.47. The number of hydrogen-bond donors (Lipinski definition) is 0. The predicted molar refractivity (Wildman–Crippen MR) is 83.8 cm³/mol. The van der Waals surface area contributed by atoms with E-state index in [1.807, 2.05) is 30.3 Å². The zero-order valence-electron chi connectivity index (χ0n) is 12.9. The number of benzene rings is 2. The Morgan fingerprint density at radius 2 is 1.52 bits per heavy atom. The summed E-state index contributed by atoms with van der Waals surface area (Å²) in [6, 6.07) is 15.8. The number of sulfone groups is 1. The molecule has 2 aromatic rings. The molecule has 6 heteroatoms. The van der Waals surface area contributed by atoms with Crippen LogP contribution in [0.1, 0.15) is 11.1 Å². The van der Waals surface area contributed by atoms with Crippen LogP contribution < -0.4 is 29.6 Å². The van der Waals surface area contributed by atoms with Crippen molar-refractivity contribution in [3.8, 4) is 0 Å². The molecule has 0 unspecified atom stereocenters. The average Bonchev–Trinajstić information content (AvgIpc) is 2.89. The molecule has 0 fully saturated rings. The van der Waals surface area contributed by atoms with E-state index in [0.29, 0.717) is 5.57 Å². The van der Waals surface area contributed by atoms with E-state index in [2.05, 4.69) is 0 Å². The molecule has 2 aromatic carbocycles. The van der Waals surface area contributed by atoms with Gasteiger partial charge in [0.1, 0.15) is 6.61 Å². The zero-order chi connectivity index (χ0) is 15.7. The van der Waals surface area contributed by atoms with Crippen LogP contribution in [0.4, 0.5) is 0 Å². The van der Waals surface area contributed by atoms with Gasteiger partial charge in [0.15, 0.2) is 9.84 Å². The maximum absolute atomic E-state index is 12.0. The van der Waals surface area contributed by atoms with Crippen molar-refractivity contribution in [1.29, 1.82) is 0 Å². The van der Waals surface area contributed by atoms with Crippen molar-refractivity contribution in [2.45, 2.75) is 4.90 Å². The summed E-state index contributed by atoms with van der Waals surface area (Å²) >= 11 is 0. The van der Waals surface area contributed by atoms with E-state index in [9.17, 15) is 13.2 Å². The summed E-state index contributed by atoms with van der Waals surface area (Å²) in [6.07, 6.45) is 1.17. The number of carbonyl (C=O) groups is 1. The molecule has 0 spiro atoms. The monoisotopic (exact) mass is 337 g/mol. The smallest absolute Gasteiger partial charge is 0.457 e. The molecule has 0 aliphatic carbocycles. The zero-order valence-corrected chi connectivity index (χ0v) is 15.8. The molecule has 0 saturated carbocycles. The summed E-state index contributed by atoms with van der Waals surface area (Å²) in [7, 11) is -3.23. The molecule has 0 saturated heterocycles.